The van der Waals surface area contributed by atoms with Gasteiger partial charge in [-0.2, -0.15) is 0 Å². The van der Waals surface area contributed by atoms with Crippen LogP contribution in [0.25, 0.3) is 0 Å². The van der Waals surface area contributed by atoms with Crippen LogP contribution in [0.2, 0.25) is 0 Å². The fourth-order valence-electron chi connectivity index (χ4n) is 2.50. The minimum Gasteiger partial charge on any atom is -0.383 e. The van der Waals surface area contributed by atoms with Crippen LogP contribution in [0, 0.1) is 0 Å². The minimum absolute atomic E-state index is 0.0231. The highest BCUT2D eigenvalue weighted by Crippen LogP contribution is 2.18. The van der Waals surface area contributed by atoms with Gasteiger partial charge in [0.05, 0.1) is 18.1 Å². The van der Waals surface area contributed by atoms with Crippen LogP contribution in [0.3, 0.4) is 0 Å². The van der Waals surface area contributed by atoms with E-state index < -0.39 is 15.7 Å². The molecule has 1 aromatic heterocycles. The number of hydrogen-bond acceptors (Lipinski definition) is 6. The lowest BCUT2D eigenvalue weighted by Crippen LogP contribution is -2.38. The zero-order chi connectivity index (χ0) is 17.7. The van der Waals surface area contributed by atoms with Gasteiger partial charge in [-0.25, -0.2) is 8.42 Å². The first-order valence-electron chi connectivity index (χ1n) is 7.55. The summed E-state index contributed by atoms with van der Waals surface area (Å²) < 4.78 is 28.0. The van der Waals surface area contributed by atoms with Crippen LogP contribution in [-0.4, -0.2) is 75.0 Å². The molecule has 1 saturated heterocycles. The van der Waals surface area contributed by atoms with Gasteiger partial charge in [-0.05, 0) is 18.6 Å². The molecule has 0 saturated carbocycles. The number of aromatic nitrogens is 1. The molecule has 0 bridgehead atoms. The standard InChI is InChI=1S/C15H21N3O5S/c1-18(12-4-8-24(21,22)10-12)15(20)11-3-5-16-13(9-11)14(19)17-6-7-23-2/h3,5,9,12H,4,6-8,10H2,1-2H3,(H,17,19). The van der Waals surface area contributed by atoms with Gasteiger partial charge in [0.15, 0.2) is 9.84 Å². The lowest BCUT2D eigenvalue weighted by Gasteiger charge is -2.23. The molecule has 2 heterocycles. The van der Waals surface area contributed by atoms with Gasteiger partial charge in [0.2, 0.25) is 0 Å². The number of ether oxygens (including phenoxy) is 1. The van der Waals surface area contributed by atoms with Crippen LogP contribution in [0.1, 0.15) is 27.3 Å². The molecule has 1 aromatic rings. The van der Waals surface area contributed by atoms with E-state index >= 15 is 0 Å². The maximum atomic E-state index is 12.5. The molecule has 0 aliphatic carbocycles. The summed E-state index contributed by atoms with van der Waals surface area (Å²) in [5.74, 6) is -0.651. The van der Waals surface area contributed by atoms with Crippen molar-refractivity contribution in [3.63, 3.8) is 0 Å². The molecule has 1 N–H and O–H groups in total. The van der Waals surface area contributed by atoms with Crippen molar-refractivity contribution in [2.75, 3.05) is 38.8 Å². The number of carbonyl (C=O) groups excluding carboxylic acids is 2. The molecular formula is C15H21N3O5S. The van der Waals surface area contributed by atoms with Gasteiger partial charge in [0.25, 0.3) is 11.8 Å². The number of amides is 2. The van der Waals surface area contributed by atoms with Gasteiger partial charge in [-0.1, -0.05) is 0 Å². The summed E-state index contributed by atoms with van der Waals surface area (Å²) in [6.07, 6.45) is 1.82. The molecule has 0 spiro atoms. The maximum Gasteiger partial charge on any atom is 0.269 e. The fourth-order valence-corrected chi connectivity index (χ4v) is 4.27. The van der Waals surface area contributed by atoms with Crippen LogP contribution < -0.4 is 5.32 Å². The normalized spacial score (nSPS) is 19.0. The lowest BCUT2D eigenvalue weighted by atomic mass is 10.1. The maximum absolute atomic E-state index is 12.5. The molecule has 0 radical (unpaired) electrons. The first-order chi connectivity index (χ1) is 11.3. The fraction of sp³-hybridized carbons (Fsp3) is 0.533. The Morgan fingerprint density at radius 2 is 2.21 bits per heavy atom. The first-order valence-corrected chi connectivity index (χ1v) is 9.37. The number of sulfone groups is 1. The Hall–Kier alpha value is -2.00. The molecule has 132 valence electrons. The van der Waals surface area contributed by atoms with Crippen LogP contribution in [0.15, 0.2) is 18.3 Å². The van der Waals surface area contributed by atoms with Gasteiger partial charge in [-0.3, -0.25) is 14.6 Å². The molecule has 8 nitrogen and oxygen atoms in total. The highest BCUT2D eigenvalue weighted by atomic mass is 32.2. The third-order valence-corrected chi connectivity index (χ3v) is 5.66. The number of hydrogen-bond donors (Lipinski definition) is 1. The lowest BCUT2D eigenvalue weighted by molar-refractivity contribution is 0.0747. The average molecular weight is 355 g/mol. The van der Waals surface area contributed by atoms with E-state index in [-0.39, 0.29) is 29.1 Å². The summed E-state index contributed by atoms with van der Waals surface area (Å²) in [6.45, 7) is 0.721. The van der Waals surface area contributed by atoms with Crippen LogP contribution in [0.5, 0.6) is 0 Å². The number of rotatable bonds is 6. The van der Waals surface area contributed by atoms with Gasteiger partial charge in [0, 0.05) is 38.5 Å². The van der Waals surface area contributed by atoms with Crippen molar-refractivity contribution in [2.45, 2.75) is 12.5 Å². The van der Waals surface area contributed by atoms with Crippen LogP contribution >= 0.6 is 0 Å². The van der Waals surface area contributed by atoms with Crippen molar-refractivity contribution in [3.8, 4) is 0 Å². The third-order valence-electron chi connectivity index (χ3n) is 3.91. The molecule has 9 heteroatoms. The molecular weight excluding hydrogens is 334 g/mol. The average Bonchev–Trinajstić information content (AvgIpc) is 2.93. The minimum atomic E-state index is -3.07. The summed E-state index contributed by atoms with van der Waals surface area (Å²) >= 11 is 0. The molecule has 1 unspecified atom stereocenters. The molecule has 1 aliphatic heterocycles. The second-order valence-electron chi connectivity index (χ2n) is 5.65. The second-order valence-corrected chi connectivity index (χ2v) is 7.88. The molecule has 1 fully saturated rings. The largest absolute Gasteiger partial charge is 0.383 e. The number of methoxy groups -OCH3 is 1. The summed E-state index contributed by atoms with van der Waals surface area (Å²) in [4.78, 5) is 29.9. The summed E-state index contributed by atoms with van der Waals surface area (Å²) in [5, 5.41) is 2.63. The second kappa shape index (κ2) is 7.71. The van der Waals surface area contributed by atoms with Crippen molar-refractivity contribution >= 4 is 21.7 Å². The van der Waals surface area contributed by atoms with Gasteiger partial charge >= 0.3 is 0 Å². The predicted molar refractivity (Wildman–Crippen MR) is 87.6 cm³/mol. The van der Waals surface area contributed by atoms with Gasteiger partial charge in [-0.15, -0.1) is 0 Å². The Kier molecular flexibility index (Phi) is 5.89. The highest BCUT2D eigenvalue weighted by molar-refractivity contribution is 7.91. The molecule has 1 atom stereocenters. The number of pyridine rings is 1. The van der Waals surface area contributed by atoms with E-state index in [2.05, 4.69) is 10.3 Å². The Morgan fingerprint density at radius 3 is 2.83 bits per heavy atom. The summed E-state index contributed by atoms with van der Waals surface area (Å²) in [7, 11) is 0.0337. The van der Waals surface area contributed by atoms with Crippen molar-refractivity contribution in [1.82, 2.24) is 15.2 Å². The predicted octanol–water partition coefficient (Wildman–Crippen LogP) is -0.283. The zero-order valence-corrected chi connectivity index (χ0v) is 14.5. The number of carbonyl (C=O) groups is 2. The third kappa shape index (κ3) is 4.51. The summed E-state index contributed by atoms with van der Waals surface area (Å²) in [5.41, 5.74) is 0.429. The van der Waals surface area contributed by atoms with E-state index in [1.54, 1.807) is 7.05 Å². The van der Waals surface area contributed by atoms with Crippen LogP contribution in [0.4, 0.5) is 0 Å². The monoisotopic (exact) mass is 355 g/mol. The Labute approximate surface area is 141 Å². The van der Waals surface area contributed by atoms with Crippen molar-refractivity contribution in [3.05, 3.63) is 29.6 Å². The Morgan fingerprint density at radius 1 is 1.46 bits per heavy atom. The molecule has 0 aromatic carbocycles. The Balaban J connectivity index is 2.07. The molecule has 2 amide bonds. The Bertz CT molecular complexity index is 720. The van der Waals surface area contributed by atoms with E-state index in [0.29, 0.717) is 25.1 Å². The topological polar surface area (TPSA) is 106 Å². The smallest absolute Gasteiger partial charge is 0.269 e. The van der Waals surface area contributed by atoms with E-state index in [0.717, 1.165) is 0 Å². The molecule has 1 aliphatic rings. The van der Waals surface area contributed by atoms with Crippen LogP contribution in [-0.2, 0) is 14.6 Å². The van der Waals surface area contributed by atoms with Crippen molar-refractivity contribution in [2.24, 2.45) is 0 Å². The summed E-state index contributed by atoms with van der Waals surface area (Å²) in [6, 6.07) is 2.58. The van der Waals surface area contributed by atoms with E-state index in [4.69, 9.17) is 4.74 Å². The SMILES string of the molecule is COCCNC(=O)c1cc(C(=O)N(C)C2CCS(=O)(=O)C2)ccn1. The van der Waals surface area contributed by atoms with Crippen molar-refractivity contribution < 1.29 is 22.7 Å². The van der Waals surface area contributed by atoms with E-state index in [1.807, 2.05) is 0 Å². The van der Waals surface area contributed by atoms with E-state index in [1.165, 1.54) is 30.3 Å². The van der Waals surface area contributed by atoms with E-state index in [9.17, 15) is 18.0 Å². The first kappa shape index (κ1) is 18.3. The number of nitrogens with one attached hydrogen (secondary N) is 1. The quantitative estimate of drug-likeness (QED) is 0.704. The highest BCUT2D eigenvalue weighted by Gasteiger charge is 2.33. The zero-order valence-electron chi connectivity index (χ0n) is 13.7. The molecule has 2 rings (SSSR count). The van der Waals surface area contributed by atoms with Gasteiger partial charge < -0.3 is 15.0 Å². The van der Waals surface area contributed by atoms with Crippen molar-refractivity contribution in [1.29, 1.82) is 0 Å². The molecule has 24 heavy (non-hydrogen) atoms. The number of nitrogens with zero attached hydrogens (tertiary/aromatic N) is 2. The van der Waals surface area contributed by atoms with Gasteiger partial charge in [0.1, 0.15) is 5.69 Å².